The van der Waals surface area contributed by atoms with Gasteiger partial charge in [-0.2, -0.15) is 0 Å². The Balaban J connectivity index is 1.47. The molecule has 1 fully saturated rings. The van der Waals surface area contributed by atoms with Gasteiger partial charge < -0.3 is 10.2 Å². The summed E-state index contributed by atoms with van der Waals surface area (Å²) in [6, 6.07) is 16.9. The molecule has 1 saturated heterocycles. The standard InChI is InChI=1S/C28H32N4O4/c1-17-13-20(21-7-5-6-8-23(21)29-17)14-18-9-11-19(12-10-18)25(33)30-24-16-32(27(35)28(2,3)4)15-22(24)26(34)31-36/h5-13,22,24,36H,14-16H2,1-4H3,(H,30,33)(H,31,34)/t22-,24+/m0/s1. The van der Waals surface area contributed by atoms with Gasteiger partial charge in [0, 0.05) is 35.1 Å². The van der Waals surface area contributed by atoms with Crippen molar-refractivity contribution in [2.75, 3.05) is 13.1 Å². The highest BCUT2D eigenvalue weighted by molar-refractivity contribution is 5.95. The molecular weight excluding hydrogens is 456 g/mol. The second-order valence-corrected chi connectivity index (χ2v) is 10.4. The van der Waals surface area contributed by atoms with E-state index in [9.17, 15) is 14.4 Å². The van der Waals surface area contributed by atoms with Crippen LogP contribution in [0, 0.1) is 18.3 Å². The van der Waals surface area contributed by atoms with E-state index in [0.717, 1.165) is 22.2 Å². The van der Waals surface area contributed by atoms with Crippen molar-refractivity contribution in [3.8, 4) is 0 Å². The Morgan fingerprint density at radius 2 is 1.75 bits per heavy atom. The zero-order valence-corrected chi connectivity index (χ0v) is 21.0. The molecule has 4 rings (SSSR count). The molecule has 0 spiro atoms. The summed E-state index contributed by atoms with van der Waals surface area (Å²) in [5, 5.41) is 13.2. The molecule has 0 aliphatic carbocycles. The van der Waals surface area contributed by atoms with Crippen molar-refractivity contribution in [3.63, 3.8) is 0 Å². The minimum absolute atomic E-state index is 0.113. The van der Waals surface area contributed by atoms with Crippen molar-refractivity contribution in [2.45, 2.75) is 40.2 Å². The third-order valence-electron chi connectivity index (χ3n) is 6.55. The molecule has 0 unspecified atom stereocenters. The van der Waals surface area contributed by atoms with Crippen molar-refractivity contribution in [3.05, 3.63) is 77.0 Å². The van der Waals surface area contributed by atoms with E-state index in [1.807, 2.05) is 37.3 Å². The van der Waals surface area contributed by atoms with Crippen LogP contribution in [-0.2, 0) is 16.0 Å². The maximum atomic E-state index is 13.0. The molecule has 1 aliphatic heterocycles. The molecule has 2 aromatic carbocycles. The van der Waals surface area contributed by atoms with Crippen molar-refractivity contribution >= 4 is 28.6 Å². The van der Waals surface area contributed by atoms with Gasteiger partial charge in [0.15, 0.2) is 0 Å². The van der Waals surface area contributed by atoms with E-state index < -0.39 is 23.3 Å². The Kier molecular flexibility index (Phi) is 7.08. The van der Waals surface area contributed by atoms with Gasteiger partial charge in [-0.25, -0.2) is 5.48 Å². The molecule has 0 saturated carbocycles. The van der Waals surface area contributed by atoms with E-state index >= 15 is 0 Å². The summed E-state index contributed by atoms with van der Waals surface area (Å²) < 4.78 is 0. The number of pyridine rings is 1. The maximum Gasteiger partial charge on any atom is 0.251 e. The SMILES string of the molecule is Cc1cc(Cc2ccc(C(=O)N[C@@H]3CN(C(=O)C(C)(C)C)C[C@@H]3C(=O)NO)cc2)c2ccccc2n1. The lowest BCUT2D eigenvalue weighted by atomic mass is 9.95. The smallest absolute Gasteiger partial charge is 0.251 e. The first-order valence-electron chi connectivity index (χ1n) is 12.0. The molecule has 8 nitrogen and oxygen atoms in total. The first-order chi connectivity index (χ1) is 17.1. The van der Waals surface area contributed by atoms with Crippen LogP contribution < -0.4 is 10.8 Å². The van der Waals surface area contributed by atoms with Gasteiger partial charge in [0.1, 0.15) is 0 Å². The van der Waals surface area contributed by atoms with Crippen LogP contribution in [0.1, 0.15) is 48.0 Å². The van der Waals surface area contributed by atoms with E-state index in [1.54, 1.807) is 43.3 Å². The van der Waals surface area contributed by atoms with Crippen LogP contribution in [-0.4, -0.2) is 51.9 Å². The van der Waals surface area contributed by atoms with Gasteiger partial charge >= 0.3 is 0 Å². The molecule has 0 bridgehead atoms. The molecule has 3 N–H and O–H groups in total. The van der Waals surface area contributed by atoms with Gasteiger partial charge in [-0.3, -0.25) is 24.6 Å². The monoisotopic (exact) mass is 488 g/mol. The molecule has 188 valence electrons. The number of likely N-dealkylation sites (tertiary alicyclic amines) is 1. The minimum Gasteiger partial charge on any atom is -0.347 e. The molecule has 2 heterocycles. The highest BCUT2D eigenvalue weighted by Crippen LogP contribution is 2.25. The quantitative estimate of drug-likeness (QED) is 0.377. The fourth-order valence-electron chi connectivity index (χ4n) is 4.73. The Bertz CT molecular complexity index is 1300. The number of aryl methyl sites for hydroxylation is 1. The Morgan fingerprint density at radius 1 is 1.06 bits per heavy atom. The zero-order chi connectivity index (χ0) is 26.0. The van der Waals surface area contributed by atoms with E-state index in [4.69, 9.17) is 5.21 Å². The number of aromatic nitrogens is 1. The van der Waals surface area contributed by atoms with E-state index in [-0.39, 0.29) is 24.9 Å². The largest absolute Gasteiger partial charge is 0.347 e. The van der Waals surface area contributed by atoms with E-state index in [2.05, 4.69) is 22.4 Å². The molecule has 3 amide bonds. The van der Waals surface area contributed by atoms with Crippen LogP contribution >= 0.6 is 0 Å². The molecule has 2 atom stereocenters. The molecule has 1 aliphatic rings. The lowest BCUT2D eigenvalue weighted by molar-refractivity contribution is -0.139. The van der Waals surface area contributed by atoms with Crippen LogP contribution in [0.2, 0.25) is 0 Å². The number of hydrogen-bond acceptors (Lipinski definition) is 5. The fourth-order valence-corrected chi connectivity index (χ4v) is 4.73. The average Bonchev–Trinajstić information content (AvgIpc) is 3.26. The van der Waals surface area contributed by atoms with Gasteiger partial charge in [0.2, 0.25) is 11.8 Å². The number of amides is 3. The number of carbonyl (C=O) groups excluding carboxylic acids is 3. The number of benzene rings is 2. The Hall–Kier alpha value is -3.78. The van der Waals surface area contributed by atoms with Crippen LogP contribution in [0.3, 0.4) is 0 Å². The lowest BCUT2D eigenvalue weighted by Gasteiger charge is -2.25. The van der Waals surface area contributed by atoms with E-state index in [1.165, 1.54) is 5.56 Å². The highest BCUT2D eigenvalue weighted by Gasteiger charge is 2.42. The third kappa shape index (κ3) is 5.39. The normalized spacial score (nSPS) is 17.8. The predicted octanol–water partition coefficient (Wildman–Crippen LogP) is 3.24. The average molecular weight is 489 g/mol. The summed E-state index contributed by atoms with van der Waals surface area (Å²) in [6.07, 6.45) is 0.705. The number of para-hydroxylation sites is 1. The van der Waals surface area contributed by atoms with Crippen molar-refractivity contribution < 1.29 is 19.6 Å². The number of fused-ring (bicyclic) bond motifs is 1. The molecule has 0 radical (unpaired) electrons. The fraction of sp³-hybridized carbons (Fsp3) is 0.357. The van der Waals surface area contributed by atoms with Crippen molar-refractivity contribution in [2.24, 2.45) is 11.3 Å². The van der Waals surface area contributed by atoms with Gasteiger partial charge in [-0.05, 0) is 48.7 Å². The second-order valence-electron chi connectivity index (χ2n) is 10.4. The summed E-state index contributed by atoms with van der Waals surface area (Å²) in [4.78, 5) is 44.1. The molecule has 36 heavy (non-hydrogen) atoms. The molecule has 8 heteroatoms. The topological polar surface area (TPSA) is 112 Å². The highest BCUT2D eigenvalue weighted by atomic mass is 16.5. The van der Waals surface area contributed by atoms with Crippen molar-refractivity contribution in [1.82, 2.24) is 20.7 Å². The van der Waals surface area contributed by atoms with Crippen molar-refractivity contribution in [1.29, 1.82) is 0 Å². The first kappa shape index (κ1) is 25.3. The molecule has 1 aromatic heterocycles. The number of rotatable bonds is 5. The first-order valence-corrected chi connectivity index (χ1v) is 12.0. The van der Waals surface area contributed by atoms with Crippen LogP contribution in [0.25, 0.3) is 10.9 Å². The summed E-state index contributed by atoms with van der Waals surface area (Å²) >= 11 is 0. The second kappa shape index (κ2) is 10.1. The Labute approximate surface area is 210 Å². The number of nitrogens with zero attached hydrogens (tertiary/aromatic N) is 2. The summed E-state index contributed by atoms with van der Waals surface area (Å²) in [5.74, 6) is -1.82. The Morgan fingerprint density at radius 3 is 2.42 bits per heavy atom. The molecule has 3 aromatic rings. The summed E-state index contributed by atoms with van der Waals surface area (Å²) in [6.45, 7) is 7.73. The number of hydroxylamine groups is 1. The van der Waals surface area contributed by atoms with Crippen LogP contribution in [0.4, 0.5) is 0 Å². The third-order valence-corrected chi connectivity index (χ3v) is 6.55. The van der Waals surface area contributed by atoms with Crippen LogP contribution in [0.5, 0.6) is 0 Å². The molecular formula is C28H32N4O4. The van der Waals surface area contributed by atoms with Gasteiger partial charge in [-0.1, -0.05) is 51.1 Å². The lowest BCUT2D eigenvalue weighted by Crippen LogP contribution is -2.45. The van der Waals surface area contributed by atoms with Gasteiger partial charge in [-0.15, -0.1) is 0 Å². The zero-order valence-electron chi connectivity index (χ0n) is 21.0. The van der Waals surface area contributed by atoms with E-state index in [0.29, 0.717) is 12.0 Å². The number of nitrogens with one attached hydrogen (secondary N) is 2. The number of hydrogen-bond donors (Lipinski definition) is 3. The minimum atomic E-state index is -0.743. The summed E-state index contributed by atoms with van der Waals surface area (Å²) in [7, 11) is 0. The van der Waals surface area contributed by atoms with Crippen LogP contribution in [0.15, 0.2) is 54.6 Å². The maximum absolute atomic E-state index is 13.0. The summed E-state index contributed by atoms with van der Waals surface area (Å²) in [5.41, 5.74) is 5.64. The van der Waals surface area contributed by atoms with Gasteiger partial charge in [0.05, 0.1) is 17.5 Å². The number of carbonyl (C=O) groups is 3. The van der Waals surface area contributed by atoms with Gasteiger partial charge in [0.25, 0.3) is 5.91 Å². The predicted molar refractivity (Wildman–Crippen MR) is 136 cm³/mol.